The van der Waals surface area contributed by atoms with Gasteiger partial charge in [0, 0.05) is 54.4 Å². The van der Waals surface area contributed by atoms with Gasteiger partial charge >= 0.3 is 6.09 Å². The molecule has 0 unspecified atom stereocenters. The first-order valence-electron chi connectivity index (χ1n) is 13.4. The number of nitrogens with one attached hydrogen (secondary N) is 1. The molecule has 1 fully saturated rings. The highest BCUT2D eigenvalue weighted by atomic mass is 19.3. The number of carbonyl (C=O) groups is 2. The molecule has 4 rings (SSSR count). The van der Waals surface area contributed by atoms with Crippen molar-refractivity contribution in [1.82, 2.24) is 19.8 Å². The molecular weight excluding hydrogens is 502 g/mol. The maximum Gasteiger partial charge on any atom is 0.410 e. The lowest BCUT2D eigenvalue weighted by molar-refractivity contribution is -0.133. The molecule has 0 radical (unpaired) electrons. The number of aromatic amines is 1. The van der Waals surface area contributed by atoms with Crippen LogP contribution < -0.4 is 0 Å². The van der Waals surface area contributed by atoms with Gasteiger partial charge in [-0.3, -0.25) is 9.78 Å². The Hall–Kier alpha value is -3.49. The summed E-state index contributed by atoms with van der Waals surface area (Å²) in [5.41, 5.74) is 5.15. The summed E-state index contributed by atoms with van der Waals surface area (Å²) in [5.74, 6) is 0.0971. The molecule has 1 saturated heterocycles. The SMILES string of the molecule is Cc1cc(-c2[nH]c3ccc(C4CCN(C(=O)CN(C)C(=O)OC(C)(C)C)CC4)cc3c2CC(F)F)cc(C)n1. The number of fused-ring (bicyclic) bond motifs is 1. The number of amides is 2. The van der Waals surface area contributed by atoms with Gasteiger partial charge in [0.1, 0.15) is 12.1 Å². The molecule has 0 bridgehead atoms. The number of H-pyrrole nitrogens is 1. The summed E-state index contributed by atoms with van der Waals surface area (Å²) >= 11 is 0. The van der Waals surface area contributed by atoms with E-state index in [2.05, 4.69) is 16.0 Å². The predicted octanol–water partition coefficient (Wildman–Crippen LogP) is 6.23. The smallest absolute Gasteiger partial charge is 0.410 e. The molecule has 210 valence electrons. The molecule has 1 aliphatic heterocycles. The minimum absolute atomic E-state index is 0.0391. The van der Waals surface area contributed by atoms with Crippen molar-refractivity contribution in [3.63, 3.8) is 0 Å². The summed E-state index contributed by atoms with van der Waals surface area (Å²) in [4.78, 5) is 35.9. The number of ether oxygens (including phenoxy) is 1. The van der Waals surface area contributed by atoms with E-state index in [4.69, 9.17) is 4.74 Å². The van der Waals surface area contributed by atoms with Crippen molar-refractivity contribution < 1.29 is 23.1 Å². The Labute approximate surface area is 228 Å². The summed E-state index contributed by atoms with van der Waals surface area (Å²) < 4.78 is 32.7. The molecule has 39 heavy (non-hydrogen) atoms. The molecule has 1 N–H and O–H groups in total. The van der Waals surface area contributed by atoms with Crippen molar-refractivity contribution in [2.24, 2.45) is 0 Å². The second kappa shape index (κ2) is 11.3. The summed E-state index contributed by atoms with van der Waals surface area (Å²) in [7, 11) is 1.56. The standard InChI is InChI=1S/C30H38F2N4O3/c1-18-13-22(14-19(2)33-18)28-24(16-26(31)32)23-15-21(7-8-25(23)34-28)20-9-11-36(12-10-20)27(37)17-35(6)29(38)39-30(3,4)5/h7-8,13-15,20,26,34H,9-12,16-17H2,1-6H3. The van der Waals surface area contributed by atoms with Gasteiger partial charge in [-0.1, -0.05) is 6.07 Å². The van der Waals surface area contributed by atoms with Crippen LogP contribution in [0.5, 0.6) is 0 Å². The zero-order chi connectivity index (χ0) is 28.5. The Kier molecular flexibility index (Phi) is 8.28. The van der Waals surface area contributed by atoms with Crippen molar-refractivity contribution in [3.8, 4) is 11.3 Å². The van der Waals surface area contributed by atoms with Gasteiger partial charge in [-0.2, -0.15) is 0 Å². The number of halogens is 2. The predicted molar refractivity (Wildman–Crippen MR) is 148 cm³/mol. The highest BCUT2D eigenvalue weighted by molar-refractivity contribution is 5.91. The largest absolute Gasteiger partial charge is 0.444 e. The van der Waals surface area contributed by atoms with Crippen molar-refractivity contribution in [1.29, 1.82) is 0 Å². The second-order valence-corrected chi connectivity index (χ2v) is 11.5. The van der Waals surface area contributed by atoms with Gasteiger partial charge in [-0.05, 0) is 88.8 Å². The molecule has 1 aliphatic rings. The average Bonchev–Trinajstić information content (AvgIpc) is 3.19. The molecule has 0 spiro atoms. The number of rotatable bonds is 6. The van der Waals surface area contributed by atoms with E-state index >= 15 is 0 Å². The first-order chi connectivity index (χ1) is 18.3. The van der Waals surface area contributed by atoms with Gasteiger partial charge in [0.25, 0.3) is 0 Å². The van der Waals surface area contributed by atoms with Crippen LogP contribution in [0, 0.1) is 13.8 Å². The van der Waals surface area contributed by atoms with Gasteiger partial charge in [0.05, 0.1) is 5.69 Å². The second-order valence-electron chi connectivity index (χ2n) is 11.5. The number of nitrogens with zero attached hydrogens (tertiary/aromatic N) is 3. The summed E-state index contributed by atoms with van der Waals surface area (Å²) in [6.07, 6.45) is -1.81. The number of benzene rings is 1. The van der Waals surface area contributed by atoms with Crippen LogP contribution in [-0.4, -0.2) is 70.5 Å². The Morgan fingerprint density at radius 2 is 1.77 bits per heavy atom. The fraction of sp³-hybridized carbons (Fsp3) is 0.500. The number of piperidine rings is 1. The van der Waals surface area contributed by atoms with Crippen LogP contribution in [0.4, 0.5) is 13.6 Å². The number of carbonyl (C=O) groups excluding carboxylic acids is 2. The maximum atomic E-state index is 13.7. The van der Waals surface area contributed by atoms with Crippen LogP contribution in [0.15, 0.2) is 30.3 Å². The van der Waals surface area contributed by atoms with Crippen LogP contribution in [0.3, 0.4) is 0 Å². The fourth-order valence-electron chi connectivity index (χ4n) is 5.28. The van der Waals surface area contributed by atoms with Crippen LogP contribution in [0.1, 0.15) is 62.0 Å². The molecular formula is C30H38F2N4O3. The fourth-order valence-corrected chi connectivity index (χ4v) is 5.28. The number of hydrogen-bond donors (Lipinski definition) is 1. The van der Waals surface area contributed by atoms with Crippen LogP contribution in [-0.2, 0) is 16.0 Å². The number of likely N-dealkylation sites (N-methyl/N-ethyl adjacent to an activating group) is 1. The van der Waals surface area contributed by atoms with E-state index in [1.165, 1.54) is 4.90 Å². The van der Waals surface area contributed by atoms with E-state index in [0.29, 0.717) is 24.3 Å². The van der Waals surface area contributed by atoms with E-state index in [1.807, 2.05) is 38.1 Å². The third-order valence-electron chi connectivity index (χ3n) is 7.06. The van der Waals surface area contributed by atoms with Crippen LogP contribution >= 0.6 is 0 Å². The van der Waals surface area contributed by atoms with Crippen molar-refractivity contribution in [2.45, 2.75) is 71.8 Å². The van der Waals surface area contributed by atoms with Gasteiger partial charge in [-0.15, -0.1) is 0 Å². The number of aromatic nitrogens is 2. The summed E-state index contributed by atoms with van der Waals surface area (Å²) in [5, 5.41) is 0.812. The zero-order valence-electron chi connectivity index (χ0n) is 23.6. The minimum Gasteiger partial charge on any atom is -0.444 e. The number of alkyl halides is 2. The van der Waals surface area contributed by atoms with Crippen LogP contribution in [0.2, 0.25) is 0 Å². The molecule has 9 heteroatoms. The first kappa shape index (κ1) is 28.5. The molecule has 3 aromatic rings. The molecule has 0 saturated carbocycles. The molecule has 3 heterocycles. The Morgan fingerprint density at radius 3 is 2.36 bits per heavy atom. The Morgan fingerprint density at radius 1 is 1.13 bits per heavy atom. The molecule has 1 aromatic carbocycles. The van der Waals surface area contributed by atoms with Crippen molar-refractivity contribution in [3.05, 3.63) is 52.8 Å². The van der Waals surface area contributed by atoms with Gasteiger partial charge in [0.2, 0.25) is 12.3 Å². The number of aryl methyl sites for hydroxylation is 2. The molecule has 0 atom stereocenters. The summed E-state index contributed by atoms with van der Waals surface area (Å²) in [6, 6.07) is 9.89. The monoisotopic (exact) mass is 540 g/mol. The highest BCUT2D eigenvalue weighted by Gasteiger charge is 2.28. The van der Waals surface area contributed by atoms with E-state index in [0.717, 1.165) is 46.3 Å². The topological polar surface area (TPSA) is 78.5 Å². The van der Waals surface area contributed by atoms with Gasteiger partial charge < -0.3 is 19.5 Å². The quantitative estimate of drug-likeness (QED) is 0.402. The van der Waals surface area contributed by atoms with Gasteiger partial charge in [-0.25, -0.2) is 13.6 Å². The third-order valence-corrected chi connectivity index (χ3v) is 7.06. The lowest BCUT2D eigenvalue weighted by Gasteiger charge is -2.33. The van der Waals surface area contributed by atoms with Crippen LogP contribution in [0.25, 0.3) is 22.2 Å². The van der Waals surface area contributed by atoms with Crippen molar-refractivity contribution >= 4 is 22.9 Å². The average molecular weight is 541 g/mol. The minimum atomic E-state index is -2.47. The lowest BCUT2D eigenvalue weighted by Crippen LogP contribution is -2.45. The normalized spacial score (nSPS) is 14.7. The molecule has 7 nitrogen and oxygen atoms in total. The maximum absolute atomic E-state index is 13.7. The zero-order valence-corrected chi connectivity index (χ0v) is 23.6. The molecule has 2 aromatic heterocycles. The highest BCUT2D eigenvalue weighted by Crippen LogP contribution is 2.36. The van der Waals surface area contributed by atoms with Gasteiger partial charge in [0.15, 0.2) is 0 Å². The van der Waals surface area contributed by atoms with E-state index in [1.54, 1.807) is 32.7 Å². The van der Waals surface area contributed by atoms with E-state index < -0.39 is 18.1 Å². The first-order valence-corrected chi connectivity index (χ1v) is 13.4. The summed E-state index contributed by atoms with van der Waals surface area (Å²) in [6.45, 7) is 10.3. The molecule has 0 aliphatic carbocycles. The Bertz CT molecular complexity index is 1330. The van der Waals surface area contributed by atoms with E-state index in [9.17, 15) is 18.4 Å². The number of likely N-dealkylation sites (tertiary alicyclic amines) is 1. The number of hydrogen-bond acceptors (Lipinski definition) is 4. The van der Waals surface area contributed by atoms with E-state index in [-0.39, 0.29) is 24.8 Å². The molecule has 2 amide bonds. The lowest BCUT2D eigenvalue weighted by atomic mass is 9.88. The third kappa shape index (κ3) is 6.94. The number of pyridine rings is 1. The van der Waals surface area contributed by atoms with Crippen molar-refractivity contribution in [2.75, 3.05) is 26.7 Å². The Balaban J connectivity index is 1.49.